The summed E-state index contributed by atoms with van der Waals surface area (Å²) in [5.74, 6) is 0.662. The highest BCUT2D eigenvalue weighted by Gasteiger charge is 2.34. The second-order valence-electron chi connectivity index (χ2n) is 6.17. The van der Waals surface area contributed by atoms with Crippen molar-refractivity contribution in [3.05, 3.63) is 0 Å². The van der Waals surface area contributed by atoms with Gasteiger partial charge in [0, 0.05) is 19.1 Å². The molecular weight excluding hydrogens is 270 g/mol. The van der Waals surface area contributed by atoms with Gasteiger partial charge in [-0.2, -0.15) is 0 Å². The molecule has 1 amide bonds. The van der Waals surface area contributed by atoms with E-state index in [0.29, 0.717) is 18.4 Å². The minimum Gasteiger partial charge on any atom is -0.409 e. The molecule has 2 aliphatic rings. The predicted octanol–water partition coefficient (Wildman–Crippen LogP) is 1.71. The highest BCUT2D eigenvalue weighted by atomic mass is 16.5. The lowest BCUT2D eigenvalue weighted by Crippen LogP contribution is -2.46. The maximum absolute atomic E-state index is 12.5. The Kier molecular flexibility index (Phi) is 5.85. The molecule has 0 aromatic heterocycles. The van der Waals surface area contributed by atoms with Crippen molar-refractivity contribution < 1.29 is 14.7 Å². The van der Waals surface area contributed by atoms with Crippen LogP contribution < -0.4 is 5.73 Å². The molecule has 0 unspecified atom stereocenters. The van der Waals surface area contributed by atoms with E-state index in [1.165, 1.54) is 0 Å². The molecule has 2 saturated carbocycles. The molecule has 2 rings (SSSR count). The van der Waals surface area contributed by atoms with Crippen LogP contribution in [0.3, 0.4) is 0 Å². The van der Waals surface area contributed by atoms with Gasteiger partial charge in [0.2, 0.25) is 5.91 Å². The first-order valence-corrected chi connectivity index (χ1v) is 8.01. The summed E-state index contributed by atoms with van der Waals surface area (Å²) in [6.07, 6.45) is 7.19. The van der Waals surface area contributed by atoms with Gasteiger partial charge in [0.25, 0.3) is 0 Å². The third-order valence-electron chi connectivity index (χ3n) is 4.60. The molecule has 120 valence electrons. The molecule has 21 heavy (non-hydrogen) atoms. The van der Waals surface area contributed by atoms with Crippen LogP contribution in [0.15, 0.2) is 5.16 Å². The summed E-state index contributed by atoms with van der Waals surface area (Å²) in [6, 6.07) is 0.251. The summed E-state index contributed by atoms with van der Waals surface area (Å²) in [5.41, 5.74) is 5.60. The van der Waals surface area contributed by atoms with E-state index in [-0.39, 0.29) is 24.3 Å². The molecule has 0 bridgehead atoms. The number of amides is 1. The van der Waals surface area contributed by atoms with E-state index < -0.39 is 0 Å². The molecule has 0 spiro atoms. The number of hydrogen-bond donors (Lipinski definition) is 2. The number of nitrogens with two attached hydrogens (primary N) is 1. The highest BCUT2D eigenvalue weighted by molar-refractivity contribution is 5.87. The lowest BCUT2D eigenvalue weighted by molar-refractivity contribution is -0.135. The fourth-order valence-electron chi connectivity index (χ4n) is 3.42. The first-order valence-electron chi connectivity index (χ1n) is 8.01. The summed E-state index contributed by atoms with van der Waals surface area (Å²) < 4.78 is 5.53. The number of oxime groups is 1. The van der Waals surface area contributed by atoms with Crippen LogP contribution in [0.2, 0.25) is 0 Å². The Hall–Kier alpha value is -1.30. The van der Waals surface area contributed by atoms with Crippen LogP contribution in [-0.2, 0) is 9.53 Å². The maximum Gasteiger partial charge on any atom is 0.223 e. The third kappa shape index (κ3) is 4.33. The van der Waals surface area contributed by atoms with Gasteiger partial charge in [-0.3, -0.25) is 4.79 Å². The SMILES string of the molecule is CCOC1CC(CC(=O)N(CC(N)=NO)C2CCCC2)C1. The highest BCUT2D eigenvalue weighted by Crippen LogP contribution is 2.34. The second kappa shape index (κ2) is 7.64. The zero-order valence-electron chi connectivity index (χ0n) is 12.8. The minimum absolute atomic E-state index is 0.107. The van der Waals surface area contributed by atoms with E-state index >= 15 is 0 Å². The van der Waals surface area contributed by atoms with Crippen molar-refractivity contribution in [2.24, 2.45) is 16.8 Å². The molecule has 2 fully saturated rings. The van der Waals surface area contributed by atoms with E-state index in [2.05, 4.69) is 5.16 Å². The Morgan fingerprint density at radius 3 is 2.62 bits per heavy atom. The molecule has 0 heterocycles. The van der Waals surface area contributed by atoms with Crippen molar-refractivity contribution >= 4 is 11.7 Å². The van der Waals surface area contributed by atoms with Gasteiger partial charge in [0.05, 0.1) is 12.6 Å². The van der Waals surface area contributed by atoms with Crippen LogP contribution in [0.25, 0.3) is 0 Å². The zero-order chi connectivity index (χ0) is 15.2. The molecule has 0 radical (unpaired) electrons. The molecule has 0 aromatic carbocycles. The number of nitrogens with zero attached hydrogens (tertiary/aromatic N) is 2. The van der Waals surface area contributed by atoms with Crippen molar-refractivity contribution in [3.8, 4) is 0 Å². The second-order valence-corrected chi connectivity index (χ2v) is 6.17. The quantitative estimate of drug-likeness (QED) is 0.324. The van der Waals surface area contributed by atoms with E-state index in [0.717, 1.165) is 45.1 Å². The Bertz CT molecular complexity index is 374. The van der Waals surface area contributed by atoms with E-state index in [1.54, 1.807) is 0 Å². The molecule has 0 aromatic rings. The minimum atomic E-state index is 0.107. The summed E-state index contributed by atoms with van der Waals surface area (Å²) in [5, 5.41) is 11.8. The lowest BCUT2D eigenvalue weighted by atomic mass is 9.79. The Balaban J connectivity index is 1.85. The summed E-state index contributed by atoms with van der Waals surface area (Å²) in [4.78, 5) is 14.4. The van der Waals surface area contributed by atoms with Crippen molar-refractivity contribution in [1.29, 1.82) is 0 Å². The largest absolute Gasteiger partial charge is 0.409 e. The van der Waals surface area contributed by atoms with E-state index in [1.807, 2.05) is 11.8 Å². The van der Waals surface area contributed by atoms with Crippen molar-refractivity contribution in [2.45, 2.75) is 64.0 Å². The first-order chi connectivity index (χ1) is 10.1. The summed E-state index contributed by atoms with van der Waals surface area (Å²) in [6.45, 7) is 2.97. The van der Waals surface area contributed by atoms with Crippen LogP contribution in [0.1, 0.15) is 51.9 Å². The van der Waals surface area contributed by atoms with Crippen LogP contribution in [-0.4, -0.2) is 47.1 Å². The molecule has 3 N–H and O–H groups in total. The van der Waals surface area contributed by atoms with Crippen molar-refractivity contribution in [3.63, 3.8) is 0 Å². The molecule has 6 nitrogen and oxygen atoms in total. The molecule has 0 aliphatic heterocycles. The molecule has 0 atom stereocenters. The zero-order valence-corrected chi connectivity index (χ0v) is 12.8. The number of hydrogen-bond acceptors (Lipinski definition) is 4. The molecule has 2 aliphatic carbocycles. The number of ether oxygens (including phenoxy) is 1. The Labute approximate surface area is 126 Å². The number of carbonyl (C=O) groups is 1. The smallest absolute Gasteiger partial charge is 0.223 e. The Morgan fingerprint density at radius 2 is 2.05 bits per heavy atom. The van der Waals surface area contributed by atoms with Gasteiger partial charge in [-0.1, -0.05) is 18.0 Å². The molecule has 6 heteroatoms. The molecular formula is C15H27N3O3. The van der Waals surface area contributed by atoms with Gasteiger partial charge in [0.15, 0.2) is 5.84 Å². The predicted molar refractivity (Wildman–Crippen MR) is 80.1 cm³/mol. The summed E-state index contributed by atoms with van der Waals surface area (Å²) >= 11 is 0. The maximum atomic E-state index is 12.5. The van der Waals surface area contributed by atoms with Crippen molar-refractivity contribution in [2.75, 3.05) is 13.2 Å². The Morgan fingerprint density at radius 1 is 1.38 bits per heavy atom. The number of amidine groups is 1. The topological polar surface area (TPSA) is 88.2 Å². The van der Waals surface area contributed by atoms with E-state index in [9.17, 15) is 4.79 Å². The van der Waals surface area contributed by atoms with Gasteiger partial charge in [-0.25, -0.2) is 0 Å². The van der Waals surface area contributed by atoms with Crippen LogP contribution in [0.5, 0.6) is 0 Å². The van der Waals surface area contributed by atoms with Crippen LogP contribution >= 0.6 is 0 Å². The fourth-order valence-corrected chi connectivity index (χ4v) is 3.42. The number of rotatable bonds is 7. The third-order valence-corrected chi connectivity index (χ3v) is 4.60. The lowest BCUT2D eigenvalue weighted by Gasteiger charge is -2.37. The average molecular weight is 297 g/mol. The summed E-state index contributed by atoms with van der Waals surface area (Å²) in [7, 11) is 0. The van der Waals surface area contributed by atoms with Gasteiger partial charge < -0.3 is 20.6 Å². The first kappa shape index (κ1) is 16.1. The monoisotopic (exact) mass is 297 g/mol. The van der Waals surface area contributed by atoms with Gasteiger partial charge in [-0.05, 0) is 38.5 Å². The van der Waals surface area contributed by atoms with E-state index in [4.69, 9.17) is 15.7 Å². The standard InChI is InChI=1S/C15H27N3O3/c1-2-21-13-7-11(8-13)9-15(19)18(10-14(16)17-20)12-5-3-4-6-12/h11-13,20H,2-10H2,1H3,(H2,16,17). The normalized spacial score (nSPS) is 26.6. The van der Waals surface area contributed by atoms with Crippen molar-refractivity contribution in [1.82, 2.24) is 4.90 Å². The number of carbonyl (C=O) groups excluding carboxylic acids is 1. The molecule has 0 saturated heterocycles. The average Bonchev–Trinajstić information content (AvgIpc) is 2.95. The van der Waals surface area contributed by atoms with Crippen LogP contribution in [0, 0.1) is 5.92 Å². The van der Waals surface area contributed by atoms with Gasteiger partial charge >= 0.3 is 0 Å². The fraction of sp³-hybridized carbons (Fsp3) is 0.867. The van der Waals surface area contributed by atoms with Gasteiger partial charge in [0.1, 0.15) is 0 Å². The van der Waals surface area contributed by atoms with Crippen LogP contribution in [0.4, 0.5) is 0 Å². The van der Waals surface area contributed by atoms with Gasteiger partial charge in [-0.15, -0.1) is 0 Å².